The van der Waals surface area contributed by atoms with Gasteiger partial charge in [0.15, 0.2) is 0 Å². The Morgan fingerprint density at radius 1 is 1.36 bits per heavy atom. The van der Waals surface area contributed by atoms with Crippen LogP contribution in [0.1, 0.15) is 32.3 Å². The van der Waals surface area contributed by atoms with Crippen LogP contribution in [0.5, 0.6) is 0 Å². The number of hydrogen-bond donors (Lipinski definition) is 1. The van der Waals surface area contributed by atoms with Crippen molar-refractivity contribution in [2.75, 3.05) is 11.9 Å². The summed E-state index contributed by atoms with van der Waals surface area (Å²) in [5.41, 5.74) is 3.03. The molecule has 0 fully saturated rings. The summed E-state index contributed by atoms with van der Waals surface area (Å²) >= 11 is 3.54. The molecule has 0 radical (unpaired) electrons. The van der Waals surface area contributed by atoms with E-state index >= 15 is 0 Å². The van der Waals surface area contributed by atoms with Gasteiger partial charge in [-0.2, -0.15) is 0 Å². The van der Waals surface area contributed by atoms with Crippen molar-refractivity contribution < 1.29 is 0 Å². The number of anilines is 1. The van der Waals surface area contributed by atoms with Crippen molar-refractivity contribution in [1.82, 2.24) is 0 Å². The molecule has 0 bridgehead atoms. The third-order valence-corrected chi connectivity index (χ3v) is 3.50. The summed E-state index contributed by atoms with van der Waals surface area (Å²) in [6, 6.07) is 6.52. The molecular weight excluding hydrogens is 238 g/mol. The standard InChI is InChI=1S/C12H16BrN/c1-12(2)6-3-7-14-11-5-4-9(13)8-10(11)12/h4-5,8,14H,3,6-7H2,1-2H3. The van der Waals surface area contributed by atoms with E-state index in [1.807, 2.05) is 0 Å². The van der Waals surface area contributed by atoms with Gasteiger partial charge in [0.25, 0.3) is 0 Å². The van der Waals surface area contributed by atoms with Crippen LogP contribution < -0.4 is 5.32 Å². The summed E-state index contributed by atoms with van der Waals surface area (Å²) in [5, 5.41) is 3.49. The van der Waals surface area contributed by atoms with Gasteiger partial charge in [-0.25, -0.2) is 0 Å². The Labute approximate surface area is 94.0 Å². The number of fused-ring (bicyclic) bond motifs is 1. The highest BCUT2D eigenvalue weighted by atomic mass is 79.9. The van der Waals surface area contributed by atoms with Crippen LogP contribution in [-0.2, 0) is 5.41 Å². The Bertz CT molecular complexity index is 344. The molecule has 1 aromatic rings. The second kappa shape index (κ2) is 3.58. The molecule has 2 rings (SSSR count). The lowest BCUT2D eigenvalue weighted by Gasteiger charge is -2.25. The molecule has 1 aliphatic heterocycles. The highest BCUT2D eigenvalue weighted by Crippen LogP contribution is 2.37. The summed E-state index contributed by atoms with van der Waals surface area (Å²) in [7, 11) is 0. The molecule has 0 aliphatic carbocycles. The predicted octanol–water partition coefficient (Wildman–Crippen LogP) is 3.93. The molecule has 1 N–H and O–H groups in total. The molecule has 14 heavy (non-hydrogen) atoms. The molecule has 0 saturated heterocycles. The number of hydrogen-bond acceptors (Lipinski definition) is 1. The van der Waals surface area contributed by atoms with Gasteiger partial charge in [-0.15, -0.1) is 0 Å². The first-order valence-electron chi connectivity index (χ1n) is 5.13. The maximum atomic E-state index is 3.54. The lowest BCUT2D eigenvalue weighted by atomic mass is 9.80. The van der Waals surface area contributed by atoms with Gasteiger partial charge in [-0.05, 0) is 42.0 Å². The molecule has 1 heterocycles. The zero-order chi connectivity index (χ0) is 10.2. The van der Waals surface area contributed by atoms with Crippen LogP contribution >= 0.6 is 15.9 Å². The second-order valence-corrected chi connectivity index (χ2v) is 5.52. The van der Waals surface area contributed by atoms with Crippen molar-refractivity contribution in [3.8, 4) is 0 Å². The van der Waals surface area contributed by atoms with E-state index in [2.05, 4.69) is 53.3 Å². The van der Waals surface area contributed by atoms with E-state index in [0.717, 1.165) is 6.54 Å². The molecule has 0 unspecified atom stereocenters. The van der Waals surface area contributed by atoms with E-state index in [1.165, 1.54) is 28.6 Å². The van der Waals surface area contributed by atoms with E-state index in [9.17, 15) is 0 Å². The van der Waals surface area contributed by atoms with Crippen LogP contribution in [0, 0.1) is 0 Å². The minimum atomic E-state index is 0.294. The average Bonchev–Trinajstić information content (AvgIpc) is 2.26. The maximum absolute atomic E-state index is 3.54. The minimum absolute atomic E-state index is 0.294. The van der Waals surface area contributed by atoms with Gasteiger partial charge in [0.2, 0.25) is 0 Å². The van der Waals surface area contributed by atoms with Gasteiger partial charge in [0.05, 0.1) is 0 Å². The molecule has 2 heteroatoms. The fraction of sp³-hybridized carbons (Fsp3) is 0.500. The van der Waals surface area contributed by atoms with Crippen molar-refractivity contribution in [3.63, 3.8) is 0 Å². The van der Waals surface area contributed by atoms with Crippen LogP contribution in [0.3, 0.4) is 0 Å². The van der Waals surface area contributed by atoms with Crippen LogP contribution in [0.2, 0.25) is 0 Å². The molecule has 1 aromatic carbocycles. The Balaban J connectivity index is 2.52. The van der Waals surface area contributed by atoms with Crippen molar-refractivity contribution in [1.29, 1.82) is 0 Å². The zero-order valence-corrected chi connectivity index (χ0v) is 10.3. The van der Waals surface area contributed by atoms with Gasteiger partial charge < -0.3 is 5.32 Å². The van der Waals surface area contributed by atoms with Crippen molar-refractivity contribution in [2.45, 2.75) is 32.1 Å². The SMILES string of the molecule is CC1(C)CCCNc2ccc(Br)cc21. The first-order chi connectivity index (χ1) is 6.59. The molecule has 1 aliphatic rings. The molecular formula is C12H16BrN. The highest BCUT2D eigenvalue weighted by Gasteiger charge is 2.25. The van der Waals surface area contributed by atoms with E-state index in [4.69, 9.17) is 0 Å². The lowest BCUT2D eigenvalue weighted by Crippen LogP contribution is -2.16. The Morgan fingerprint density at radius 2 is 2.14 bits per heavy atom. The molecule has 1 nitrogen and oxygen atoms in total. The topological polar surface area (TPSA) is 12.0 Å². The van der Waals surface area contributed by atoms with Crippen LogP contribution in [-0.4, -0.2) is 6.54 Å². The smallest absolute Gasteiger partial charge is 0.0379 e. The van der Waals surface area contributed by atoms with E-state index in [-0.39, 0.29) is 0 Å². The van der Waals surface area contributed by atoms with Crippen LogP contribution in [0.15, 0.2) is 22.7 Å². The number of halogens is 1. The number of benzene rings is 1. The first-order valence-corrected chi connectivity index (χ1v) is 5.93. The number of rotatable bonds is 0. The Hall–Kier alpha value is -0.500. The summed E-state index contributed by atoms with van der Waals surface area (Å²) in [4.78, 5) is 0. The molecule has 0 spiro atoms. The monoisotopic (exact) mass is 253 g/mol. The Morgan fingerprint density at radius 3 is 2.93 bits per heavy atom. The summed E-state index contributed by atoms with van der Waals surface area (Å²) in [6.07, 6.45) is 2.50. The van der Waals surface area contributed by atoms with Crippen molar-refractivity contribution >= 4 is 21.6 Å². The van der Waals surface area contributed by atoms with Gasteiger partial charge >= 0.3 is 0 Å². The third-order valence-electron chi connectivity index (χ3n) is 3.00. The van der Waals surface area contributed by atoms with Crippen molar-refractivity contribution in [2.24, 2.45) is 0 Å². The quantitative estimate of drug-likeness (QED) is 0.739. The maximum Gasteiger partial charge on any atom is 0.0379 e. The normalized spacial score (nSPS) is 19.4. The summed E-state index contributed by atoms with van der Waals surface area (Å²) in [6.45, 7) is 5.74. The molecule has 76 valence electrons. The highest BCUT2D eigenvalue weighted by molar-refractivity contribution is 9.10. The van der Waals surface area contributed by atoms with Crippen LogP contribution in [0.25, 0.3) is 0 Å². The van der Waals surface area contributed by atoms with Crippen molar-refractivity contribution in [3.05, 3.63) is 28.2 Å². The molecule has 0 amide bonds. The fourth-order valence-corrected chi connectivity index (χ4v) is 2.48. The first kappa shape index (κ1) is 10.0. The van der Waals surface area contributed by atoms with Gasteiger partial charge in [-0.1, -0.05) is 29.8 Å². The number of nitrogens with one attached hydrogen (secondary N) is 1. The lowest BCUT2D eigenvalue weighted by molar-refractivity contribution is 0.478. The summed E-state index contributed by atoms with van der Waals surface area (Å²) in [5.74, 6) is 0. The van der Waals surface area contributed by atoms with Gasteiger partial charge in [0.1, 0.15) is 0 Å². The van der Waals surface area contributed by atoms with E-state index < -0.39 is 0 Å². The Kier molecular flexibility index (Phi) is 2.56. The van der Waals surface area contributed by atoms with Gasteiger partial charge in [0, 0.05) is 16.7 Å². The van der Waals surface area contributed by atoms with Gasteiger partial charge in [-0.3, -0.25) is 0 Å². The molecule has 0 saturated carbocycles. The van der Waals surface area contributed by atoms with Crippen LogP contribution in [0.4, 0.5) is 5.69 Å². The average molecular weight is 254 g/mol. The predicted molar refractivity (Wildman–Crippen MR) is 64.9 cm³/mol. The largest absolute Gasteiger partial charge is 0.385 e. The van der Waals surface area contributed by atoms with E-state index in [0.29, 0.717) is 5.41 Å². The fourth-order valence-electron chi connectivity index (χ4n) is 2.12. The second-order valence-electron chi connectivity index (χ2n) is 4.60. The third kappa shape index (κ3) is 1.81. The molecule has 0 aromatic heterocycles. The summed E-state index contributed by atoms with van der Waals surface area (Å²) < 4.78 is 1.17. The molecule has 0 atom stereocenters. The zero-order valence-electron chi connectivity index (χ0n) is 8.73. The minimum Gasteiger partial charge on any atom is -0.385 e. The van der Waals surface area contributed by atoms with E-state index in [1.54, 1.807) is 0 Å².